The van der Waals surface area contributed by atoms with Crippen molar-refractivity contribution in [2.45, 2.75) is 50.6 Å². The summed E-state index contributed by atoms with van der Waals surface area (Å²) < 4.78 is 0. The van der Waals surface area contributed by atoms with E-state index < -0.39 is 5.54 Å². The molecule has 142 valence electrons. The number of carbonyl (C=O) groups is 1. The molecule has 1 amide bonds. The fourth-order valence-corrected chi connectivity index (χ4v) is 4.80. The summed E-state index contributed by atoms with van der Waals surface area (Å²) in [6.45, 7) is 2.30. The van der Waals surface area contributed by atoms with Crippen LogP contribution >= 0.6 is 23.2 Å². The fraction of sp³-hybridized carbons (Fsp3) is 0.409. The Balaban J connectivity index is 1.73. The first-order valence-electron chi connectivity index (χ1n) is 9.60. The second-order valence-corrected chi connectivity index (χ2v) is 8.83. The van der Waals surface area contributed by atoms with E-state index in [0.717, 1.165) is 35.6 Å². The molecule has 0 saturated heterocycles. The van der Waals surface area contributed by atoms with Crippen LogP contribution in [-0.2, 0) is 16.8 Å². The maximum absolute atomic E-state index is 13.2. The highest BCUT2D eigenvalue weighted by Crippen LogP contribution is 2.41. The van der Waals surface area contributed by atoms with Gasteiger partial charge < -0.3 is 5.32 Å². The summed E-state index contributed by atoms with van der Waals surface area (Å²) >= 11 is 12.4. The van der Waals surface area contributed by atoms with Gasteiger partial charge in [0.1, 0.15) is 5.54 Å². The minimum atomic E-state index is -0.796. The van der Waals surface area contributed by atoms with E-state index in [0.29, 0.717) is 22.5 Å². The zero-order chi connectivity index (χ0) is 19.0. The molecule has 2 N–H and O–H groups in total. The third kappa shape index (κ3) is 3.73. The number of carbonyl (C=O) groups excluding carboxylic acids is 1. The van der Waals surface area contributed by atoms with Crippen LogP contribution in [0.5, 0.6) is 0 Å². The molecule has 1 saturated carbocycles. The van der Waals surface area contributed by atoms with Crippen LogP contribution in [0.25, 0.3) is 0 Å². The molecule has 27 heavy (non-hydrogen) atoms. The maximum Gasteiger partial charge on any atom is 0.249 e. The molecule has 1 aliphatic heterocycles. The SMILES string of the molecule is CC1CCC(NC2(Cc3cccc(Cl)c3)C(=O)Nc3cc(Cl)ccc32)CC1. The normalized spacial score (nSPS) is 27.3. The molecule has 2 aromatic carbocycles. The van der Waals surface area contributed by atoms with Gasteiger partial charge in [0, 0.05) is 33.8 Å². The van der Waals surface area contributed by atoms with Gasteiger partial charge in [-0.3, -0.25) is 10.1 Å². The lowest BCUT2D eigenvalue weighted by Crippen LogP contribution is -2.54. The van der Waals surface area contributed by atoms with Crippen molar-refractivity contribution >= 4 is 34.8 Å². The lowest BCUT2D eigenvalue weighted by molar-refractivity contribution is -0.122. The highest BCUT2D eigenvalue weighted by Gasteiger charge is 2.48. The molecule has 5 heteroatoms. The average Bonchev–Trinajstić information content (AvgIpc) is 2.88. The van der Waals surface area contributed by atoms with E-state index in [1.54, 1.807) is 0 Å². The molecule has 1 aliphatic carbocycles. The minimum Gasteiger partial charge on any atom is -0.324 e. The zero-order valence-corrected chi connectivity index (χ0v) is 16.9. The molecule has 0 bridgehead atoms. The van der Waals surface area contributed by atoms with E-state index in [1.807, 2.05) is 42.5 Å². The van der Waals surface area contributed by atoms with Crippen LogP contribution in [0.15, 0.2) is 42.5 Å². The van der Waals surface area contributed by atoms with Gasteiger partial charge in [-0.25, -0.2) is 0 Å². The van der Waals surface area contributed by atoms with Crippen LogP contribution in [0.1, 0.15) is 43.7 Å². The van der Waals surface area contributed by atoms with E-state index in [-0.39, 0.29) is 5.91 Å². The molecule has 1 atom stereocenters. The second kappa shape index (κ2) is 7.46. The Morgan fingerprint density at radius 2 is 1.81 bits per heavy atom. The summed E-state index contributed by atoms with van der Waals surface area (Å²) in [6, 6.07) is 13.7. The molecular formula is C22H24Cl2N2O. The van der Waals surface area contributed by atoms with Gasteiger partial charge in [0.05, 0.1) is 0 Å². The molecule has 2 aromatic rings. The second-order valence-electron chi connectivity index (χ2n) is 7.96. The number of nitrogens with one attached hydrogen (secondary N) is 2. The van der Waals surface area contributed by atoms with Gasteiger partial charge in [-0.15, -0.1) is 0 Å². The first-order chi connectivity index (χ1) is 13.0. The van der Waals surface area contributed by atoms with E-state index >= 15 is 0 Å². The molecular weight excluding hydrogens is 379 g/mol. The molecule has 1 unspecified atom stereocenters. The summed E-state index contributed by atoms with van der Waals surface area (Å²) in [7, 11) is 0. The molecule has 3 nitrogen and oxygen atoms in total. The predicted molar refractivity (Wildman–Crippen MR) is 111 cm³/mol. The van der Waals surface area contributed by atoms with E-state index in [4.69, 9.17) is 23.2 Å². The predicted octanol–water partition coefficient (Wildman–Crippen LogP) is 5.55. The highest BCUT2D eigenvalue weighted by atomic mass is 35.5. The van der Waals surface area contributed by atoms with Crippen LogP contribution in [0.4, 0.5) is 5.69 Å². The van der Waals surface area contributed by atoms with Crippen molar-refractivity contribution < 1.29 is 4.79 Å². The molecule has 0 aromatic heterocycles. The van der Waals surface area contributed by atoms with E-state index in [1.165, 1.54) is 12.8 Å². The number of benzene rings is 2. The lowest BCUT2D eigenvalue weighted by Gasteiger charge is -2.36. The van der Waals surface area contributed by atoms with E-state index in [9.17, 15) is 4.79 Å². The molecule has 0 radical (unpaired) electrons. The summed E-state index contributed by atoms with van der Waals surface area (Å²) in [5.41, 5.74) is 2.01. The number of anilines is 1. The monoisotopic (exact) mass is 402 g/mol. The molecule has 1 fully saturated rings. The van der Waals surface area contributed by atoms with Crippen molar-refractivity contribution in [3.8, 4) is 0 Å². The number of rotatable bonds is 4. The summed E-state index contributed by atoms with van der Waals surface area (Å²) in [5.74, 6) is 0.744. The largest absolute Gasteiger partial charge is 0.324 e. The first kappa shape index (κ1) is 18.8. The maximum atomic E-state index is 13.2. The zero-order valence-electron chi connectivity index (χ0n) is 15.4. The van der Waals surface area contributed by atoms with Crippen molar-refractivity contribution in [2.75, 3.05) is 5.32 Å². The van der Waals surface area contributed by atoms with Gasteiger partial charge >= 0.3 is 0 Å². The molecule has 0 spiro atoms. The van der Waals surface area contributed by atoms with Gasteiger partial charge in [-0.05, 0) is 61.4 Å². The van der Waals surface area contributed by atoms with Crippen LogP contribution in [0.3, 0.4) is 0 Å². The molecule has 4 rings (SSSR count). The van der Waals surface area contributed by atoms with Crippen molar-refractivity contribution in [1.82, 2.24) is 5.32 Å². The fourth-order valence-electron chi connectivity index (χ4n) is 4.42. The van der Waals surface area contributed by atoms with Gasteiger partial charge in [-0.1, -0.05) is 48.3 Å². The number of hydrogen-bond acceptors (Lipinski definition) is 2. The third-order valence-electron chi connectivity index (χ3n) is 5.90. The summed E-state index contributed by atoms with van der Waals surface area (Å²) in [5, 5.41) is 8.10. The average molecular weight is 403 g/mol. The number of halogens is 2. The first-order valence-corrected chi connectivity index (χ1v) is 10.4. The van der Waals surface area contributed by atoms with Crippen molar-refractivity contribution in [1.29, 1.82) is 0 Å². The van der Waals surface area contributed by atoms with Crippen LogP contribution in [0, 0.1) is 5.92 Å². The number of amides is 1. The Bertz CT molecular complexity index is 861. The van der Waals surface area contributed by atoms with Crippen molar-refractivity contribution in [2.24, 2.45) is 5.92 Å². The van der Waals surface area contributed by atoms with Crippen LogP contribution in [-0.4, -0.2) is 11.9 Å². The van der Waals surface area contributed by atoms with Crippen molar-refractivity contribution in [3.63, 3.8) is 0 Å². The quantitative estimate of drug-likeness (QED) is 0.703. The standard InChI is InChI=1S/C22H24Cl2N2O/c1-14-5-8-18(9-6-14)26-22(13-15-3-2-4-16(23)11-15)19-10-7-17(24)12-20(19)25-21(22)27/h2-4,7,10-12,14,18,26H,5-6,8-9,13H2,1H3,(H,25,27). The van der Waals surface area contributed by atoms with Gasteiger partial charge in [0.25, 0.3) is 0 Å². The molecule has 1 heterocycles. The van der Waals surface area contributed by atoms with Gasteiger partial charge in [0.2, 0.25) is 5.91 Å². The summed E-state index contributed by atoms with van der Waals surface area (Å²) in [4.78, 5) is 13.2. The Morgan fingerprint density at radius 3 is 2.56 bits per heavy atom. The van der Waals surface area contributed by atoms with Crippen molar-refractivity contribution in [3.05, 3.63) is 63.6 Å². The van der Waals surface area contributed by atoms with E-state index in [2.05, 4.69) is 17.6 Å². The van der Waals surface area contributed by atoms with Crippen LogP contribution in [0.2, 0.25) is 10.0 Å². The Hall–Kier alpha value is -1.55. The number of fused-ring (bicyclic) bond motifs is 1. The Morgan fingerprint density at radius 1 is 1.07 bits per heavy atom. The highest BCUT2D eigenvalue weighted by molar-refractivity contribution is 6.31. The topological polar surface area (TPSA) is 41.1 Å². The summed E-state index contributed by atoms with van der Waals surface area (Å²) in [6.07, 6.45) is 5.13. The van der Waals surface area contributed by atoms with Crippen LogP contribution < -0.4 is 10.6 Å². The van der Waals surface area contributed by atoms with Gasteiger partial charge in [0.15, 0.2) is 0 Å². The molecule has 2 aliphatic rings. The minimum absolute atomic E-state index is 0.0154. The lowest BCUT2D eigenvalue weighted by atomic mass is 9.81. The van der Waals surface area contributed by atoms with Gasteiger partial charge in [-0.2, -0.15) is 0 Å². The smallest absolute Gasteiger partial charge is 0.249 e. The third-order valence-corrected chi connectivity index (χ3v) is 6.37. The Labute approximate surface area is 170 Å². The Kier molecular flexibility index (Phi) is 5.19. The number of hydrogen-bond donors (Lipinski definition) is 2.